The van der Waals surface area contributed by atoms with Gasteiger partial charge in [0.05, 0.1) is 0 Å². The lowest BCUT2D eigenvalue weighted by molar-refractivity contribution is -0.126. The fourth-order valence-electron chi connectivity index (χ4n) is 2.53. The van der Waals surface area contributed by atoms with Crippen molar-refractivity contribution >= 4 is 17.5 Å². The molecule has 132 valence electrons. The summed E-state index contributed by atoms with van der Waals surface area (Å²) in [7, 11) is 0. The Balaban J connectivity index is 1.66. The third kappa shape index (κ3) is 6.79. The fourth-order valence-corrected chi connectivity index (χ4v) is 2.53. The van der Waals surface area contributed by atoms with E-state index >= 15 is 0 Å². The van der Waals surface area contributed by atoms with E-state index in [1.165, 1.54) is 11.1 Å². The Hall–Kier alpha value is -2.62. The second-order valence-electron chi connectivity index (χ2n) is 6.44. The highest BCUT2D eigenvalue weighted by atomic mass is 16.2. The van der Waals surface area contributed by atoms with Crippen LogP contribution in [0, 0.1) is 0 Å². The van der Waals surface area contributed by atoms with Crippen molar-refractivity contribution in [2.24, 2.45) is 0 Å². The molecule has 0 heterocycles. The Morgan fingerprint density at radius 1 is 0.920 bits per heavy atom. The van der Waals surface area contributed by atoms with E-state index in [1.807, 2.05) is 42.5 Å². The Kier molecular flexibility index (Phi) is 7.20. The first-order chi connectivity index (χ1) is 12.0. The van der Waals surface area contributed by atoms with Crippen LogP contribution in [0.1, 0.15) is 43.7 Å². The number of anilines is 1. The average Bonchev–Trinajstić information content (AvgIpc) is 2.60. The van der Waals surface area contributed by atoms with Crippen LogP contribution in [-0.2, 0) is 16.0 Å². The van der Waals surface area contributed by atoms with Crippen LogP contribution >= 0.6 is 0 Å². The number of aryl methyl sites for hydroxylation is 1. The van der Waals surface area contributed by atoms with Gasteiger partial charge < -0.3 is 10.6 Å². The molecule has 2 amide bonds. The maximum atomic E-state index is 11.9. The molecule has 2 rings (SSSR count). The Bertz CT molecular complexity index is 679. The molecule has 4 nitrogen and oxygen atoms in total. The van der Waals surface area contributed by atoms with Gasteiger partial charge in [-0.25, -0.2) is 0 Å². The van der Waals surface area contributed by atoms with Crippen LogP contribution in [0.2, 0.25) is 0 Å². The van der Waals surface area contributed by atoms with Gasteiger partial charge >= 0.3 is 0 Å². The van der Waals surface area contributed by atoms with Crippen molar-refractivity contribution in [1.82, 2.24) is 5.32 Å². The first-order valence-electron chi connectivity index (χ1n) is 8.75. The zero-order valence-electron chi connectivity index (χ0n) is 14.9. The van der Waals surface area contributed by atoms with Gasteiger partial charge in [0.2, 0.25) is 11.8 Å². The van der Waals surface area contributed by atoms with Crippen molar-refractivity contribution in [3.05, 3.63) is 65.7 Å². The summed E-state index contributed by atoms with van der Waals surface area (Å²) in [6.45, 7) is 4.82. The van der Waals surface area contributed by atoms with Crippen molar-refractivity contribution in [3.8, 4) is 0 Å². The maximum Gasteiger partial charge on any atom is 0.233 e. The first kappa shape index (κ1) is 18.7. The van der Waals surface area contributed by atoms with E-state index in [-0.39, 0.29) is 18.2 Å². The van der Waals surface area contributed by atoms with Crippen LogP contribution in [0.4, 0.5) is 5.69 Å². The Morgan fingerprint density at radius 3 is 2.24 bits per heavy atom. The van der Waals surface area contributed by atoms with E-state index in [4.69, 9.17) is 0 Å². The van der Waals surface area contributed by atoms with E-state index in [1.54, 1.807) is 0 Å². The Morgan fingerprint density at radius 2 is 1.60 bits per heavy atom. The lowest BCUT2D eigenvalue weighted by Gasteiger charge is -2.09. The first-order valence-corrected chi connectivity index (χ1v) is 8.75. The highest BCUT2D eigenvalue weighted by molar-refractivity contribution is 6.03. The molecular weight excluding hydrogens is 312 g/mol. The van der Waals surface area contributed by atoms with Gasteiger partial charge in [0, 0.05) is 12.2 Å². The number of amides is 2. The molecule has 0 fully saturated rings. The van der Waals surface area contributed by atoms with Gasteiger partial charge in [-0.15, -0.1) is 0 Å². The summed E-state index contributed by atoms with van der Waals surface area (Å²) in [5.41, 5.74) is 3.18. The number of carbonyl (C=O) groups is 2. The zero-order valence-corrected chi connectivity index (χ0v) is 14.9. The molecule has 25 heavy (non-hydrogen) atoms. The van der Waals surface area contributed by atoms with Gasteiger partial charge in [0.1, 0.15) is 6.42 Å². The Labute approximate surface area is 149 Å². The van der Waals surface area contributed by atoms with Gasteiger partial charge in [-0.05, 0) is 42.0 Å². The lowest BCUT2D eigenvalue weighted by Crippen LogP contribution is -2.29. The summed E-state index contributed by atoms with van der Waals surface area (Å²) >= 11 is 0. The summed E-state index contributed by atoms with van der Waals surface area (Å²) in [6, 6.07) is 17.8. The molecule has 0 spiro atoms. The second kappa shape index (κ2) is 9.62. The number of hydrogen-bond donors (Lipinski definition) is 2. The summed E-state index contributed by atoms with van der Waals surface area (Å²) in [4.78, 5) is 23.8. The van der Waals surface area contributed by atoms with Gasteiger partial charge in [0.25, 0.3) is 0 Å². The molecule has 2 aromatic rings. The monoisotopic (exact) mass is 338 g/mol. The predicted molar refractivity (Wildman–Crippen MR) is 102 cm³/mol. The van der Waals surface area contributed by atoms with E-state index < -0.39 is 0 Å². The highest BCUT2D eigenvalue weighted by Gasteiger charge is 2.09. The third-order valence-electron chi connectivity index (χ3n) is 3.99. The van der Waals surface area contributed by atoms with Crippen molar-refractivity contribution in [2.45, 2.75) is 39.0 Å². The molecule has 0 atom stereocenters. The standard InChI is InChI=1S/C21H26N2O2/c1-16(2)18-10-12-19(13-11-18)23-21(25)15-20(24)22-14-6-9-17-7-4-3-5-8-17/h3-5,7-8,10-13,16H,6,9,14-15H2,1-2H3,(H,22,24)(H,23,25). The van der Waals surface area contributed by atoms with Gasteiger partial charge in [-0.1, -0.05) is 56.3 Å². The number of rotatable bonds is 8. The van der Waals surface area contributed by atoms with E-state index in [0.29, 0.717) is 18.2 Å². The minimum Gasteiger partial charge on any atom is -0.356 e. The number of hydrogen-bond acceptors (Lipinski definition) is 2. The molecule has 4 heteroatoms. The van der Waals surface area contributed by atoms with E-state index in [0.717, 1.165) is 12.8 Å². The summed E-state index contributed by atoms with van der Waals surface area (Å²) in [5, 5.41) is 5.55. The SMILES string of the molecule is CC(C)c1ccc(NC(=O)CC(=O)NCCCc2ccccc2)cc1. The molecule has 0 aliphatic rings. The lowest BCUT2D eigenvalue weighted by atomic mass is 10.0. The van der Waals surface area contributed by atoms with Crippen LogP contribution in [0.15, 0.2) is 54.6 Å². The second-order valence-corrected chi connectivity index (χ2v) is 6.44. The normalized spacial score (nSPS) is 10.5. The largest absolute Gasteiger partial charge is 0.356 e. The van der Waals surface area contributed by atoms with Crippen molar-refractivity contribution < 1.29 is 9.59 Å². The van der Waals surface area contributed by atoms with E-state index in [2.05, 4.69) is 36.6 Å². The topological polar surface area (TPSA) is 58.2 Å². The minimum absolute atomic E-state index is 0.155. The number of benzene rings is 2. The molecular formula is C21H26N2O2. The third-order valence-corrected chi connectivity index (χ3v) is 3.99. The van der Waals surface area contributed by atoms with Gasteiger partial charge in [-0.2, -0.15) is 0 Å². The van der Waals surface area contributed by atoms with Crippen LogP contribution in [0.25, 0.3) is 0 Å². The maximum absolute atomic E-state index is 11.9. The van der Waals surface area contributed by atoms with Crippen molar-refractivity contribution in [3.63, 3.8) is 0 Å². The minimum atomic E-state index is -0.294. The average molecular weight is 338 g/mol. The number of nitrogens with one attached hydrogen (secondary N) is 2. The molecule has 0 unspecified atom stereocenters. The van der Waals surface area contributed by atoms with Crippen LogP contribution in [0.5, 0.6) is 0 Å². The molecule has 0 bridgehead atoms. The zero-order chi connectivity index (χ0) is 18.1. The summed E-state index contributed by atoms with van der Waals surface area (Å²) in [5.74, 6) is -0.0892. The van der Waals surface area contributed by atoms with Crippen molar-refractivity contribution in [1.29, 1.82) is 0 Å². The molecule has 2 aromatic carbocycles. The summed E-state index contributed by atoms with van der Waals surface area (Å²) < 4.78 is 0. The quantitative estimate of drug-likeness (QED) is 0.567. The van der Waals surface area contributed by atoms with Crippen molar-refractivity contribution in [2.75, 3.05) is 11.9 Å². The fraction of sp³-hybridized carbons (Fsp3) is 0.333. The highest BCUT2D eigenvalue weighted by Crippen LogP contribution is 2.17. The molecule has 0 aromatic heterocycles. The predicted octanol–water partition coefficient (Wildman–Crippen LogP) is 3.89. The van der Waals surface area contributed by atoms with Crippen LogP contribution < -0.4 is 10.6 Å². The smallest absolute Gasteiger partial charge is 0.233 e. The van der Waals surface area contributed by atoms with Gasteiger partial charge in [-0.3, -0.25) is 9.59 Å². The molecule has 0 radical (unpaired) electrons. The number of carbonyl (C=O) groups excluding carboxylic acids is 2. The molecule has 0 aliphatic heterocycles. The molecule has 0 aliphatic carbocycles. The molecule has 2 N–H and O–H groups in total. The van der Waals surface area contributed by atoms with Gasteiger partial charge in [0.15, 0.2) is 0 Å². The van der Waals surface area contributed by atoms with Crippen LogP contribution in [0.3, 0.4) is 0 Å². The van der Waals surface area contributed by atoms with Crippen LogP contribution in [-0.4, -0.2) is 18.4 Å². The summed E-state index contributed by atoms with van der Waals surface area (Å²) in [6.07, 6.45) is 1.61. The molecule has 0 saturated heterocycles. The molecule has 0 saturated carbocycles. The van der Waals surface area contributed by atoms with E-state index in [9.17, 15) is 9.59 Å².